The minimum atomic E-state index is -2.72. The SMILES string of the molecule is Cc1nn(-c2ccccc2)nc1C(=O)Nc1nc(C)c(-c2nccn2C(F)F)s1. The zero-order valence-corrected chi connectivity index (χ0v) is 16.2. The summed E-state index contributed by atoms with van der Waals surface area (Å²) >= 11 is 1.07. The monoisotopic (exact) mass is 415 g/mol. The van der Waals surface area contributed by atoms with Crippen LogP contribution in [0, 0.1) is 13.8 Å². The minimum Gasteiger partial charge on any atom is -0.296 e. The molecule has 0 saturated carbocycles. The molecule has 4 rings (SSSR count). The third-order valence-corrected chi connectivity index (χ3v) is 5.15. The number of hydrogen-bond acceptors (Lipinski definition) is 6. The number of aromatic nitrogens is 6. The Kier molecular flexibility index (Phi) is 4.89. The first kappa shape index (κ1) is 18.9. The third-order valence-electron chi connectivity index (χ3n) is 4.08. The molecule has 1 amide bonds. The van der Waals surface area contributed by atoms with Crippen LogP contribution in [-0.4, -0.2) is 35.4 Å². The van der Waals surface area contributed by atoms with Gasteiger partial charge in [0.2, 0.25) is 0 Å². The van der Waals surface area contributed by atoms with Crippen molar-refractivity contribution in [2.24, 2.45) is 0 Å². The topological polar surface area (TPSA) is 90.5 Å². The highest BCUT2D eigenvalue weighted by atomic mass is 32.1. The van der Waals surface area contributed by atoms with E-state index in [1.54, 1.807) is 13.8 Å². The van der Waals surface area contributed by atoms with Crippen LogP contribution in [0.4, 0.5) is 13.9 Å². The number of halogens is 2. The fourth-order valence-corrected chi connectivity index (χ4v) is 3.69. The van der Waals surface area contributed by atoms with Crippen molar-refractivity contribution in [1.29, 1.82) is 0 Å². The van der Waals surface area contributed by atoms with E-state index in [0.717, 1.165) is 21.6 Å². The lowest BCUT2D eigenvalue weighted by Gasteiger charge is -2.04. The maximum atomic E-state index is 13.1. The Labute approximate surface area is 167 Å². The molecule has 148 valence electrons. The van der Waals surface area contributed by atoms with E-state index >= 15 is 0 Å². The molecule has 0 atom stereocenters. The molecule has 0 radical (unpaired) electrons. The van der Waals surface area contributed by atoms with E-state index in [1.807, 2.05) is 30.3 Å². The van der Waals surface area contributed by atoms with Gasteiger partial charge in [-0.2, -0.15) is 18.7 Å². The molecule has 0 bridgehead atoms. The normalized spacial score (nSPS) is 11.2. The second-order valence-electron chi connectivity index (χ2n) is 6.08. The van der Waals surface area contributed by atoms with Gasteiger partial charge < -0.3 is 0 Å². The highest BCUT2D eigenvalue weighted by Crippen LogP contribution is 2.33. The lowest BCUT2D eigenvalue weighted by Crippen LogP contribution is -2.14. The molecule has 29 heavy (non-hydrogen) atoms. The van der Waals surface area contributed by atoms with Crippen molar-refractivity contribution in [3.63, 3.8) is 0 Å². The van der Waals surface area contributed by atoms with E-state index in [9.17, 15) is 13.6 Å². The summed E-state index contributed by atoms with van der Waals surface area (Å²) < 4.78 is 27.0. The van der Waals surface area contributed by atoms with Crippen LogP contribution in [0.3, 0.4) is 0 Å². The number of hydrogen-bond donors (Lipinski definition) is 1. The van der Waals surface area contributed by atoms with Gasteiger partial charge in [-0.1, -0.05) is 29.5 Å². The molecule has 11 heteroatoms. The van der Waals surface area contributed by atoms with Crippen molar-refractivity contribution in [2.75, 3.05) is 5.32 Å². The van der Waals surface area contributed by atoms with Crippen LogP contribution < -0.4 is 5.32 Å². The van der Waals surface area contributed by atoms with Crippen LogP contribution in [0.25, 0.3) is 16.4 Å². The summed E-state index contributed by atoms with van der Waals surface area (Å²) in [5.41, 5.74) is 1.81. The molecule has 0 fully saturated rings. The number of amides is 1. The number of nitrogens with one attached hydrogen (secondary N) is 1. The predicted molar refractivity (Wildman–Crippen MR) is 103 cm³/mol. The molecule has 0 aliphatic rings. The first-order valence-electron chi connectivity index (χ1n) is 8.53. The number of alkyl halides is 2. The van der Waals surface area contributed by atoms with Gasteiger partial charge in [0.05, 0.1) is 22.0 Å². The molecule has 8 nitrogen and oxygen atoms in total. The third kappa shape index (κ3) is 3.63. The minimum absolute atomic E-state index is 0.0988. The lowest BCUT2D eigenvalue weighted by atomic mass is 10.3. The maximum absolute atomic E-state index is 13.1. The summed E-state index contributed by atoms with van der Waals surface area (Å²) in [5.74, 6) is -0.385. The van der Waals surface area contributed by atoms with Crippen LogP contribution >= 0.6 is 11.3 Å². The number of carbonyl (C=O) groups excluding carboxylic acids is 1. The van der Waals surface area contributed by atoms with Gasteiger partial charge in [0.15, 0.2) is 16.6 Å². The molecule has 0 spiro atoms. The Bertz CT molecular complexity index is 1170. The summed E-state index contributed by atoms with van der Waals surface area (Å²) in [7, 11) is 0. The molecular weight excluding hydrogens is 400 g/mol. The fraction of sp³-hybridized carbons (Fsp3) is 0.167. The van der Waals surface area contributed by atoms with E-state index in [2.05, 4.69) is 25.5 Å². The number of rotatable bonds is 5. The summed E-state index contributed by atoms with van der Waals surface area (Å²) in [6.07, 6.45) is 2.49. The Morgan fingerprint density at radius 1 is 1.14 bits per heavy atom. The van der Waals surface area contributed by atoms with Gasteiger partial charge in [-0.25, -0.2) is 9.97 Å². The van der Waals surface area contributed by atoms with E-state index in [4.69, 9.17) is 0 Å². The van der Waals surface area contributed by atoms with Gasteiger partial charge in [-0.15, -0.1) is 5.10 Å². The molecule has 0 unspecified atom stereocenters. The highest BCUT2D eigenvalue weighted by Gasteiger charge is 2.21. The summed E-state index contributed by atoms with van der Waals surface area (Å²) in [5, 5.41) is 11.4. The van der Waals surface area contributed by atoms with Crippen molar-refractivity contribution in [3.05, 3.63) is 59.8 Å². The Morgan fingerprint density at radius 2 is 1.90 bits per heavy atom. The number of para-hydroxylation sites is 1. The molecule has 0 aliphatic carbocycles. The van der Waals surface area contributed by atoms with E-state index < -0.39 is 12.5 Å². The Hall–Kier alpha value is -3.47. The number of benzene rings is 1. The molecule has 3 heterocycles. The second-order valence-corrected chi connectivity index (χ2v) is 7.08. The van der Waals surface area contributed by atoms with Crippen molar-refractivity contribution in [3.8, 4) is 16.4 Å². The molecule has 3 aromatic heterocycles. The van der Waals surface area contributed by atoms with Crippen LogP contribution in [0.5, 0.6) is 0 Å². The summed E-state index contributed by atoms with van der Waals surface area (Å²) in [6, 6.07) is 9.20. The fourth-order valence-electron chi connectivity index (χ4n) is 2.73. The largest absolute Gasteiger partial charge is 0.320 e. The van der Waals surface area contributed by atoms with Gasteiger partial charge in [0, 0.05) is 12.4 Å². The van der Waals surface area contributed by atoms with E-state index in [-0.39, 0.29) is 16.6 Å². The van der Waals surface area contributed by atoms with E-state index in [0.29, 0.717) is 16.3 Å². The number of aryl methyl sites for hydroxylation is 2. The van der Waals surface area contributed by atoms with Gasteiger partial charge in [-0.3, -0.25) is 14.7 Å². The molecule has 0 saturated heterocycles. The summed E-state index contributed by atoms with van der Waals surface area (Å²) in [4.78, 5) is 22.7. The zero-order valence-electron chi connectivity index (χ0n) is 15.4. The van der Waals surface area contributed by atoms with Crippen molar-refractivity contribution >= 4 is 22.4 Å². The molecule has 1 aromatic carbocycles. The Balaban J connectivity index is 1.59. The Morgan fingerprint density at radius 3 is 2.62 bits per heavy atom. The van der Waals surface area contributed by atoms with Gasteiger partial charge >= 0.3 is 6.55 Å². The number of thiazole rings is 1. The van der Waals surface area contributed by atoms with Gasteiger partial charge in [0.1, 0.15) is 0 Å². The number of imidazole rings is 1. The average molecular weight is 415 g/mol. The van der Waals surface area contributed by atoms with Crippen molar-refractivity contribution in [1.82, 2.24) is 29.5 Å². The first-order valence-corrected chi connectivity index (χ1v) is 9.35. The molecule has 1 N–H and O–H groups in total. The van der Waals surface area contributed by atoms with Gasteiger partial charge in [-0.05, 0) is 26.0 Å². The number of nitrogens with zero attached hydrogens (tertiary/aromatic N) is 6. The number of carbonyl (C=O) groups is 1. The smallest absolute Gasteiger partial charge is 0.296 e. The molecule has 0 aliphatic heterocycles. The van der Waals surface area contributed by atoms with Crippen LogP contribution in [0.2, 0.25) is 0 Å². The van der Waals surface area contributed by atoms with Crippen molar-refractivity contribution < 1.29 is 13.6 Å². The lowest BCUT2D eigenvalue weighted by molar-refractivity contribution is 0.0720. The highest BCUT2D eigenvalue weighted by molar-refractivity contribution is 7.19. The average Bonchev–Trinajstić information content (AvgIpc) is 3.40. The van der Waals surface area contributed by atoms with Gasteiger partial charge in [0.25, 0.3) is 5.91 Å². The standard InChI is InChI=1S/C18H15F2N7OS/c1-10-13(25-27(24-10)12-6-4-3-5-7-12)16(28)23-18-22-11(2)14(29-18)15-21-8-9-26(15)17(19)20/h3-9,17H,1-2H3,(H,22,23,28). The predicted octanol–water partition coefficient (Wildman–Crippen LogP) is 3.85. The van der Waals surface area contributed by atoms with Crippen molar-refractivity contribution in [2.45, 2.75) is 20.4 Å². The van der Waals surface area contributed by atoms with Crippen LogP contribution in [-0.2, 0) is 0 Å². The summed E-state index contributed by atoms with van der Waals surface area (Å²) in [6.45, 7) is 0.630. The van der Waals surface area contributed by atoms with Crippen LogP contribution in [0.15, 0.2) is 42.7 Å². The molecule has 4 aromatic rings. The zero-order chi connectivity index (χ0) is 20.5. The quantitative estimate of drug-likeness (QED) is 0.535. The van der Waals surface area contributed by atoms with Crippen LogP contribution in [0.1, 0.15) is 28.4 Å². The second kappa shape index (κ2) is 7.51. The molecular formula is C18H15F2N7OS. The van der Waals surface area contributed by atoms with E-state index in [1.165, 1.54) is 17.2 Å². The number of anilines is 1. The first-order chi connectivity index (χ1) is 13.9. The maximum Gasteiger partial charge on any atom is 0.320 e.